The van der Waals surface area contributed by atoms with Crippen molar-refractivity contribution in [2.75, 3.05) is 6.54 Å². The summed E-state index contributed by atoms with van der Waals surface area (Å²) in [5, 5.41) is 2.84. The summed E-state index contributed by atoms with van der Waals surface area (Å²) in [4.78, 5) is 38.3. The average molecular weight is 360 g/mol. The molecular formula is C18H17FN2O3S. The van der Waals surface area contributed by atoms with Crippen LogP contribution in [0.3, 0.4) is 0 Å². The zero-order valence-corrected chi connectivity index (χ0v) is 14.4. The van der Waals surface area contributed by atoms with Crippen LogP contribution in [0.15, 0.2) is 36.4 Å². The van der Waals surface area contributed by atoms with Gasteiger partial charge in [-0.15, -0.1) is 11.3 Å². The van der Waals surface area contributed by atoms with Gasteiger partial charge in [-0.2, -0.15) is 0 Å². The number of ketones is 1. The minimum Gasteiger partial charge on any atom is -0.346 e. The van der Waals surface area contributed by atoms with Crippen molar-refractivity contribution in [3.05, 3.63) is 57.5 Å². The summed E-state index contributed by atoms with van der Waals surface area (Å²) >= 11 is 1.14. The summed E-state index contributed by atoms with van der Waals surface area (Å²) in [7, 11) is 0. The van der Waals surface area contributed by atoms with Gasteiger partial charge in [0.15, 0.2) is 5.78 Å². The van der Waals surface area contributed by atoms with Crippen molar-refractivity contribution >= 4 is 28.9 Å². The maximum absolute atomic E-state index is 12.9. The Morgan fingerprint density at radius 3 is 2.52 bits per heavy atom. The maximum Gasteiger partial charge on any atom is 0.261 e. The third-order valence-corrected chi connectivity index (χ3v) is 5.20. The van der Waals surface area contributed by atoms with E-state index in [4.69, 9.17) is 0 Å². The fraction of sp³-hybridized carbons (Fsp3) is 0.278. The molecule has 0 spiro atoms. The number of amides is 2. The zero-order valence-electron chi connectivity index (χ0n) is 13.6. The summed E-state index contributed by atoms with van der Waals surface area (Å²) in [6, 6.07) is 8.97. The van der Waals surface area contributed by atoms with Crippen molar-refractivity contribution in [1.29, 1.82) is 0 Å². The third kappa shape index (κ3) is 4.11. The van der Waals surface area contributed by atoms with Crippen LogP contribution in [0.5, 0.6) is 0 Å². The van der Waals surface area contributed by atoms with E-state index in [0.717, 1.165) is 16.9 Å². The molecule has 0 saturated carbocycles. The number of hydrogen-bond donors (Lipinski definition) is 1. The highest BCUT2D eigenvalue weighted by molar-refractivity contribution is 7.15. The number of benzene rings is 1. The minimum absolute atomic E-state index is 0.0507. The summed E-state index contributed by atoms with van der Waals surface area (Å²) < 4.78 is 12.9. The minimum atomic E-state index is -0.317. The van der Waals surface area contributed by atoms with E-state index in [1.807, 2.05) is 0 Å². The van der Waals surface area contributed by atoms with Gasteiger partial charge in [-0.05, 0) is 36.8 Å². The van der Waals surface area contributed by atoms with E-state index >= 15 is 0 Å². The van der Waals surface area contributed by atoms with Crippen molar-refractivity contribution in [3.63, 3.8) is 0 Å². The predicted molar refractivity (Wildman–Crippen MR) is 92.0 cm³/mol. The van der Waals surface area contributed by atoms with Gasteiger partial charge in [0.05, 0.1) is 15.8 Å². The first kappa shape index (κ1) is 17.3. The largest absolute Gasteiger partial charge is 0.346 e. The highest BCUT2D eigenvalue weighted by atomic mass is 32.1. The van der Waals surface area contributed by atoms with E-state index in [1.165, 1.54) is 19.1 Å². The molecular weight excluding hydrogens is 343 g/mol. The van der Waals surface area contributed by atoms with E-state index < -0.39 is 0 Å². The van der Waals surface area contributed by atoms with Crippen LogP contribution in [-0.4, -0.2) is 35.1 Å². The van der Waals surface area contributed by atoms with Crippen LogP contribution in [0.25, 0.3) is 0 Å². The number of carbonyl (C=O) groups excluding carboxylic acids is 3. The predicted octanol–water partition coefficient (Wildman–Crippen LogP) is 2.62. The Balaban J connectivity index is 1.59. The van der Waals surface area contributed by atoms with Crippen molar-refractivity contribution in [1.82, 2.24) is 10.2 Å². The number of likely N-dealkylation sites (tertiary alicyclic amines) is 1. The van der Waals surface area contributed by atoms with Gasteiger partial charge in [0.25, 0.3) is 5.91 Å². The Bertz CT molecular complexity index is 816. The number of rotatable bonds is 5. The molecule has 1 aromatic heterocycles. The molecule has 1 aromatic carbocycles. The molecule has 1 saturated heterocycles. The topological polar surface area (TPSA) is 66.5 Å². The molecule has 0 aliphatic carbocycles. The van der Waals surface area contributed by atoms with Crippen LogP contribution >= 0.6 is 11.3 Å². The van der Waals surface area contributed by atoms with Crippen LogP contribution in [-0.2, 0) is 11.3 Å². The number of hydrogen-bond acceptors (Lipinski definition) is 4. The van der Waals surface area contributed by atoms with Crippen LogP contribution in [0.4, 0.5) is 4.39 Å². The van der Waals surface area contributed by atoms with E-state index in [1.54, 1.807) is 29.2 Å². The Morgan fingerprint density at radius 2 is 1.88 bits per heavy atom. The number of nitrogens with zero attached hydrogens (tertiary/aromatic N) is 1. The first-order valence-electron chi connectivity index (χ1n) is 7.86. The average Bonchev–Trinajstić information content (AvgIpc) is 3.17. The lowest BCUT2D eigenvalue weighted by molar-refractivity contribution is -0.128. The van der Waals surface area contributed by atoms with E-state index in [9.17, 15) is 18.8 Å². The molecule has 2 amide bonds. The second-order valence-electron chi connectivity index (χ2n) is 6.00. The Hall–Kier alpha value is -2.54. The van der Waals surface area contributed by atoms with Crippen molar-refractivity contribution in [3.8, 4) is 0 Å². The highest BCUT2D eigenvalue weighted by Gasteiger charge is 2.31. The molecule has 130 valence electrons. The molecule has 2 aromatic rings. The summed E-state index contributed by atoms with van der Waals surface area (Å²) in [6.45, 7) is 2.25. The zero-order chi connectivity index (χ0) is 18.0. The second-order valence-corrected chi connectivity index (χ2v) is 7.08. The first-order valence-corrected chi connectivity index (χ1v) is 8.68. The van der Waals surface area contributed by atoms with Gasteiger partial charge >= 0.3 is 0 Å². The van der Waals surface area contributed by atoms with Crippen LogP contribution < -0.4 is 5.32 Å². The van der Waals surface area contributed by atoms with Gasteiger partial charge in [0.2, 0.25) is 5.91 Å². The van der Waals surface area contributed by atoms with E-state index in [-0.39, 0.29) is 35.9 Å². The number of nitrogens with one attached hydrogen (secondary N) is 1. The molecule has 1 N–H and O–H groups in total. The highest BCUT2D eigenvalue weighted by Crippen LogP contribution is 2.19. The van der Waals surface area contributed by atoms with Gasteiger partial charge in [-0.1, -0.05) is 12.1 Å². The van der Waals surface area contributed by atoms with Crippen molar-refractivity contribution in [2.24, 2.45) is 0 Å². The molecule has 1 aliphatic heterocycles. The monoisotopic (exact) mass is 360 g/mol. The fourth-order valence-electron chi connectivity index (χ4n) is 2.74. The lowest BCUT2D eigenvalue weighted by Gasteiger charge is -2.17. The molecule has 25 heavy (non-hydrogen) atoms. The molecule has 0 bridgehead atoms. The Labute approximate surface area is 148 Å². The van der Waals surface area contributed by atoms with E-state index in [0.29, 0.717) is 22.8 Å². The van der Waals surface area contributed by atoms with Crippen LogP contribution in [0.1, 0.15) is 38.3 Å². The standard InChI is InChI=1S/C18H17FN2O3S/c1-11(22)15-6-7-16(25-15)18(24)20-14-8-17(23)21(10-14)9-12-2-4-13(19)5-3-12/h2-7,14H,8-10H2,1H3,(H,20,24)/t14-/m0/s1. The lowest BCUT2D eigenvalue weighted by Crippen LogP contribution is -2.36. The molecule has 1 aliphatic rings. The molecule has 2 heterocycles. The number of halogens is 1. The quantitative estimate of drug-likeness (QED) is 0.834. The normalized spacial score (nSPS) is 17.0. The van der Waals surface area contributed by atoms with Crippen LogP contribution in [0, 0.1) is 5.82 Å². The molecule has 1 atom stereocenters. The van der Waals surface area contributed by atoms with E-state index in [2.05, 4.69) is 5.32 Å². The smallest absolute Gasteiger partial charge is 0.261 e. The van der Waals surface area contributed by atoms with Crippen LogP contribution in [0.2, 0.25) is 0 Å². The SMILES string of the molecule is CC(=O)c1ccc(C(=O)N[C@H]2CC(=O)N(Cc3ccc(F)cc3)C2)s1. The fourth-order valence-corrected chi connectivity index (χ4v) is 3.54. The molecule has 3 rings (SSSR count). The molecule has 5 nitrogen and oxygen atoms in total. The van der Waals surface area contributed by atoms with Gasteiger partial charge in [0, 0.05) is 19.5 Å². The number of carbonyl (C=O) groups is 3. The van der Waals surface area contributed by atoms with Gasteiger partial charge in [-0.25, -0.2) is 4.39 Å². The number of Topliss-reactive ketones (excluding diaryl/α,β-unsaturated/α-hetero) is 1. The van der Waals surface area contributed by atoms with Gasteiger partial charge in [-0.3, -0.25) is 14.4 Å². The third-order valence-electron chi connectivity index (χ3n) is 4.01. The molecule has 1 fully saturated rings. The lowest BCUT2D eigenvalue weighted by atomic mass is 10.2. The first-order chi connectivity index (χ1) is 11.9. The maximum atomic E-state index is 12.9. The summed E-state index contributed by atoms with van der Waals surface area (Å²) in [5.41, 5.74) is 0.839. The number of thiophene rings is 1. The Kier molecular flexibility index (Phi) is 4.94. The van der Waals surface area contributed by atoms with Gasteiger partial charge < -0.3 is 10.2 Å². The van der Waals surface area contributed by atoms with Gasteiger partial charge in [0.1, 0.15) is 5.82 Å². The summed E-state index contributed by atoms with van der Waals surface area (Å²) in [5.74, 6) is -0.725. The van der Waals surface area contributed by atoms with Crippen molar-refractivity contribution < 1.29 is 18.8 Å². The molecule has 0 unspecified atom stereocenters. The summed E-state index contributed by atoms with van der Waals surface area (Å²) in [6.07, 6.45) is 0.234. The van der Waals surface area contributed by atoms with Crippen molar-refractivity contribution in [2.45, 2.75) is 25.9 Å². The second kappa shape index (κ2) is 7.14. The molecule has 7 heteroatoms. The Morgan fingerprint density at radius 1 is 1.20 bits per heavy atom. The molecule has 0 radical (unpaired) electrons.